The third-order valence-electron chi connectivity index (χ3n) is 9.84. The summed E-state index contributed by atoms with van der Waals surface area (Å²) in [5, 5.41) is 52.0. The van der Waals surface area contributed by atoms with E-state index in [4.69, 9.17) is 24.1 Å². The summed E-state index contributed by atoms with van der Waals surface area (Å²) in [6, 6.07) is -4.75. The second kappa shape index (κ2) is 33.5. The fourth-order valence-corrected chi connectivity index (χ4v) is 6.45. The van der Waals surface area contributed by atoms with Crippen LogP contribution in [0.4, 0.5) is 4.39 Å². The Hall–Kier alpha value is -5.99. The van der Waals surface area contributed by atoms with Gasteiger partial charge in [0, 0.05) is 45.0 Å². The molecule has 0 aliphatic carbocycles. The topological polar surface area (TPSA) is 359 Å². The van der Waals surface area contributed by atoms with Crippen molar-refractivity contribution in [2.24, 2.45) is 17.8 Å². The van der Waals surface area contributed by atoms with Crippen molar-refractivity contribution in [3.63, 3.8) is 0 Å². The Morgan fingerprint density at radius 1 is 0.691 bits per heavy atom. The molecule has 4 amide bonds. The van der Waals surface area contributed by atoms with Crippen LogP contribution in [0.3, 0.4) is 0 Å². The van der Waals surface area contributed by atoms with E-state index in [1.54, 1.807) is 0 Å². The Morgan fingerprint density at radius 2 is 1.25 bits per heavy atom. The van der Waals surface area contributed by atoms with Gasteiger partial charge in [0.1, 0.15) is 18.6 Å². The zero-order valence-electron chi connectivity index (χ0n) is 38.9. The molecule has 1 heterocycles. The number of carboxylic acid groups (broad SMARTS) is 4. The second-order valence-corrected chi connectivity index (χ2v) is 16.0. The minimum absolute atomic E-state index is 0.0648. The van der Waals surface area contributed by atoms with Gasteiger partial charge in [0.25, 0.3) is 0 Å². The number of ketones is 2. The molecule has 1 rings (SSSR count). The SMILES string of the molecule is CC(C)[C@@H](C(=O)N[C@@H](CC(=O)O)C(=O)C[C@@H](C)C(=O)NCCOCCOCCOCCOCCC(=O)O)N(C)C(=O)[C@H](CCC(=O)O)NC(=O)[C@H](CC(=O)O)CC(=O)Cn1cc(CCCF)nn1. The highest BCUT2D eigenvalue weighted by Gasteiger charge is 2.38. The van der Waals surface area contributed by atoms with E-state index in [9.17, 15) is 67.7 Å². The summed E-state index contributed by atoms with van der Waals surface area (Å²) < 4.78 is 34.9. The number of aromatic nitrogens is 3. The minimum atomic E-state index is -1.66. The van der Waals surface area contributed by atoms with Crippen LogP contribution in [0.15, 0.2) is 6.20 Å². The van der Waals surface area contributed by atoms with Gasteiger partial charge in [-0.3, -0.25) is 52.3 Å². The summed E-state index contributed by atoms with van der Waals surface area (Å²) in [5.41, 5.74) is 0.405. The monoisotopic (exact) mass is 975 g/mol. The normalized spacial score (nSPS) is 13.4. The molecule has 1 aromatic rings. The predicted octanol–water partition coefficient (Wildman–Crippen LogP) is -0.725. The van der Waals surface area contributed by atoms with Crippen molar-refractivity contribution in [2.45, 2.75) is 103 Å². The number of carbonyl (C=O) groups excluding carboxylic acids is 6. The molecule has 0 spiro atoms. The van der Waals surface area contributed by atoms with Gasteiger partial charge in [-0.2, -0.15) is 0 Å². The molecule has 0 bridgehead atoms. The third kappa shape index (κ3) is 25.8. The van der Waals surface area contributed by atoms with Crippen molar-refractivity contribution in [3.8, 4) is 0 Å². The number of hydrogen-bond donors (Lipinski definition) is 7. The molecule has 0 saturated heterocycles. The van der Waals surface area contributed by atoms with E-state index in [1.807, 2.05) is 0 Å². The standard InChI is InChI=1S/C42H66FN7O18/c1-26(2)38(49(4)42(64)31(7-8-34(53)54)45-40(62)28(22-36(57)58)21-30(51)25-50-24-29(47-48-50)6-5-10-43)41(63)46-32(23-37(59)60)33(52)20-27(3)39(61)44-11-13-66-15-17-68-19-18-67-16-14-65-12-9-35(55)56/h24,26-28,31-32,38H,5-23,25H2,1-4H3,(H,44,61)(H,45,62)(H,46,63)(H,53,54)(H,55,56)(H,57,58)(H,59,60)/t27-,28+,31+,32+,38+/m1/s1. The van der Waals surface area contributed by atoms with E-state index < -0.39 is 147 Å². The molecular weight excluding hydrogens is 909 g/mol. The molecular formula is C42H66FN7O18. The predicted molar refractivity (Wildman–Crippen MR) is 231 cm³/mol. The van der Waals surface area contributed by atoms with Gasteiger partial charge in [-0.15, -0.1) is 5.10 Å². The van der Waals surface area contributed by atoms with E-state index in [0.29, 0.717) is 5.69 Å². The van der Waals surface area contributed by atoms with Crippen molar-refractivity contribution < 1.29 is 91.7 Å². The van der Waals surface area contributed by atoms with Crippen molar-refractivity contribution in [1.82, 2.24) is 35.8 Å². The van der Waals surface area contributed by atoms with Crippen LogP contribution >= 0.6 is 0 Å². The number of likely N-dealkylation sites (N-methyl/N-ethyl adjacent to an activating group) is 1. The van der Waals surface area contributed by atoms with Crippen LogP contribution in [0.25, 0.3) is 0 Å². The molecule has 25 nitrogen and oxygen atoms in total. The summed E-state index contributed by atoms with van der Waals surface area (Å²) in [4.78, 5) is 127. The van der Waals surface area contributed by atoms with Crippen LogP contribution in [0.2, 0.25) is 0 Å². The van der Waals surface area contributed by atoms with Crippen LogP contribution in [0.1, 0.15) is 77.8 Å². The smallest absolute Gasteiger partial charge is 0.305 e. The molecule has 0 saturated carbocycles. The summed E-state index contributed by atoms with van der Waals surface area (Å²) in [7, 11) is 1.16. The lowest BCUT2D eigenvalue weighted by Crippen LogP contribution is -2.58. The molecule has 384 valence electrons. The van der Waals surface area contributed by atoms with Crippen LogP contribution in [0.5, 0.6) is 0 Å². The average Bonchev–Trinajstić information content (AvgIpc) is 3.70. The van der Waals surface area contributed by atoms with Gasteiger partial charge in [-0.1, -0.05) is 26.0 Å². The van der Waals surface area contributed by atoms with Gasteiger partial charge in [-0.05, 0) is 25.2 Å². The summed E-state index contributed by atoms with van der Waals surface area (Å²) in [6.07, 6.45) is -2.31. The molecule has 26 heteroatoms. The van der Waals surface area contributed by atoms with E-state index in [2.05, 4.69) is 26.3 Å². The van der Waals surface area contributed by atoms with Crippen molar-refractivity contribution in [1.29, 1.82) is 0 Å². The van der Waals surface area contributed by atoms with E-state index in [1.165, 1.54) is 27.0 Å². The zero-order valence-corrected chi connectivity index (χ0v) is 38.9. The highest BCUT2D eigenvalue weighted by atomic mass is 19.1. The molecule has 0 aliphatic heterocycles. The van der Waals surface area contributed by atoms with Crippen LogP contribution in [-0.4, -0.2) is 191 Å². The lowest BCUT2D eigenvalue weighted by Gasteiger charge is -2.34. The molecule has 0 aromatic carbocycles. The van der Waals surface area contributed by atoms with E-state index in [0.717, 1.165) is 16.6 Å². The summed E-state index contributed by atoms with van der Waals surface area (Å²) >= 11 is 0. The Bertz CT molecular complexity index is 1810. The second-order valence-electron chi connectivity index (χ2n) is 16.0. The largest absolute Gasteiger partial charge is 0.481 e. The highest BCUT2D eigenvalue weighted by molar-refractivity contribution is 5.98. The van der Waals surface area contributed by atoms with Gasteiger partial charge >= 0.3 is 23.9 Å². The fourth-order valence-electron chi connectivity index (χ4n) is 6.45. The number of aliphatic carboxylic acids is 4. The first-order valence-corrected chi connectivity index (χ1v) is 22.0. The fraction of sp³-hybridized carbons (Fsp3) is 0.714. The maximum absolute atomic E-state index is 14.0. The number of carbonyl (C=O) groups is 10. The maximum atomic E-state index is 14.0. The number of hydrogen-bond acceptors (Lipinski definition) is 16. The van der Waals surface area contributed by atoms with Crippen LogP contribution in [0, 0.1) is 17.8 Å². The average molecular weight is 976 g/mol. The summed E-state index contributed by atoms with van der Waals surface area (Å²) in [6.45, 7) is 5.22. The van der Waals surface area contributed by atoms with Crippen molar-refractivity contribution in [3.05, 3.63) is 11.9 Å². The van der Waals surface area contributed by atoms with Gasteiger partial charge in [0.2, 0.25) is 23.6 Å². The molecule has 5 atom stereocenters. The molecule has 68 heavy (non-hydrogen) atoms. The lowest BCUT2D eigenvalue weighted by molar-refractivity contribution is -0.147. The minimum Gasteiger partial charge on any atom is -0.481 e. The number of rotatable bonds is 40. The number of nitrogens with one attached hydrogen (secondary N) is 3. The first-order valence-electron chi connectivity index (χ1n) is 22.0. The number of carboxylic acids is 4. The van der Waals surface area contributed by atoms with E-state index >= 15 is 0 Å². The number of amides is 4. The first-order chi connectivity index (χ1) is 32.2. The Balaban J connectivity index is 2.88. The quantitative estimate of drug-likeness (QED) is 0.0399. The molecule has 1 aromatic heterocycles. The lowest BCUT2D eigenvalue weighted by atomic mass is 9.95. The van der Waals surface area contributed by atoms with Gasteiger partial charge in [-0.25, -0.2) is 4.68 Å². The Kier molecular flexibility index (Phi) is 29.6. The Labute approximate surface area is 392 Å². The summed E-state index contributed by atoms with van der Waals surface area (Å²) in [5.74, 6) is -13.6. The molecule has 0 unspecified atom stereocenters. The number of ether oxygens (including phenoxy) is 4. The third-order valence-corrected chi connectivity index (χ3v) is 9.84. The zero-order chi connectivity index (χ0) is 51.2. The molecule has 7 N–H and O–H groups in total. The number of halogens is 1. The molecule has 0 aliphatic rings. The Morgan fingerprint density at radius 3 is 1.79 bits per heavy atom. The van der Waals surface area contributed by atoms with Crippen LogP contribution in [-0.2, 0) is 79.9 Å². The number of Topliss-reactive ketones (excluding diaryl/α,β-unsaturated/α-hetero) is 2. The number of nitrogens with zero attached hydrogens (tertiary/aromatic N) is 4. The van der Waals surface area contributed by atoms with Crippen molar-refractivity contribution in [2.75, 3.05) is 73.1 Å². The van der Waals surface area contributed by atoms with E-state index in [-0.39, 0.29) is 78.7 Å². The van der Waals surface area contributed by atoms with Crippen molar-refractivity contribution >= 4 is 59.1 Å². The van der Waals surface area contributed by atoms with Gasteiger partial charge in [0.15, 0.2) is 11.6 Å². The highest BCUT2D eigenvalue weighted by Crippen LogP contribution is 2.17. The number of aryl methyl sites for hydroxylation is 1. The van der Waals surface area contributed by atoms with Crippen LogP contribution < -0.4 is 16.0 Å². The van der Waals surface area contributed by atoms with Gasteiger partial charge in [0.05, 0.1) is 96.4 Å². The van der Waals surface area contributed by atoms with Gasteiger partial charge < -0.3 is 60.2 Å². The molecule has 0 fully saturated rings. The molecule has 0 radical (unpaired) electrons. The first kappa shape index (κ1) is 60.0. The number of alkyl halides is 1. The maximum Gasteiger partial charge on any atom is 0.305 e.